The van der Waals surface area contributed by atoms with Crippen LogP contribution in [-0.2, 0) is 0 Å². The minimum atomic E-state index is -0.259. The Morgan fingerprint density at radius 3 is 2.29 bits per heavy atom. The van der Waals surface area contributed by atoms with Gasteiger partial charge in [-0.3, -0.25) is 0 Å². The fraction of sp³-hybridized carbons (Fsp3) is 0. The van der Waals surface area contributed by atoms with Crippen LogP contribution in [0.4, 0.5) is 4.39 Å². The molecule has 0 radical (unpaired) electrons. The van der Waals surface area contributed by atoms with Crippen LogP contribution in [-0.4, -0.2) is 0 Å². The molecule has 0 nitrogen and oxygen atoms in total. The zero-order valence-corrected chi connectivity index (χ0v) is 12.7. The monoisotopic (exact) mass is 400 g/mol. The van der Waals surface area contributed by atoms with Gasteiger partial charge in [0.15, 0.2) is 0 Å². The van der Waals surface area contributed by atoms with Crippen LogP contribution in [0.2, 0.25) is 15.1 Å². The molecule has 0 amide bonds. The maximum absolute atomic E-state index is 13.2. The summed E-state index contributed by atoms with van der Waals surface area (Å²) in [6.07, 6.45) is 0. The number of rotatable bonds is 1. The Balaban J connectivity index is 2.61. The average Bonchev–Trinajstić information content (AvgIpc) is 2.30. The summed E-state index contributed by atoms with van der Waals surface area (Å²) >= 11 is 19.9. The molecule has 0 saturated heterocycles. The molecule has 0 spiro atoms. The fourth-order valence-electron chi connectivity index (χ4n) is 1.41. The second kappa shape index (κ2) is 5.31. The lowest BCUT2D eigenvalue weighted by Gasteiger charge is -2.08. The lowest BCUT2D eigenvalue weighted by Crippen LogP contribution is -1.86. The molecule has 0 bridgehead atoms. The zero-order chi connectivity index (χ0) is 12.6. The van der Waals surface area contributed by atoms with Crippen LogP contribution in [0, 0.1) is 9.39 Å². The van der Waals surface area contributed by atoms with E-state index < -0.39 is 0 Å². The van der Waals surface area contributed by atoms with Gasteiger partial charge in [-0.1, -0.05) is 46.9 Å². The third kappa shape index (κ3) is 2.70. The van der Waals surface area contributed by atoms with Gasteiger partial charge in [0.25, 0.3) is 0 Å². The van der Waals surface area contributed by atoms with Crippen molar-refractivity contribution in [3.05, 3.63) is 54.8 Å². The quantitative estimate of drug-likeness (QED) is 0.403. The van der Waals surface area contributed by atoms with Crippen molar-refractivity contribution in [2.75, 3.05) is 0 Å². The van der Waals surface area contributed by atoms with Gasteiger partial charge in [0, 0.05) is 9.13 Å². The highest BCUT2D eigenvalue weighted by atomic mass is 127. The molecule has 0 N–H and O–H groups in total. The van der Waals surface area contributed by atoms with Gasteiger partial charge in [0.1, 0.15) is 5.82 Å². The van der Waals surface area contributed by atoms with Crippen LogP contribution in [0.1, 0.15) is 0 Å². The van der Waals surface area contributed by atoms with Gasteiger partial charge in [-0.15, -0.1) is 0 Å². The number of hydrogen-bond donors (Lipinski definition) is 0. The molecule has 17 heavy (non-hydrogen) atoms. The van der Waals surface area contributed by atoms with Crippen LogP contribution >= 0.6 is 57.4 Å². The Morgan fingerprint density at radius 2 is 1.65 bits per heavy atom. The predicted molar refractivity (Wildman–Crippen MR) is 79.6 cm³/mol. The summed E-state index contributed by atoms with van der Waals surface area (Å²) in [5.41, 5.74) is 1.54. The molecule has 0 aliphatic carbocycles. The largest absolute Gasteiger partial charge is 0.206 e. The molecule has 2 rings (SSSR count). The number of benzene rings is 2. The molecule has 0 saturated carbocycles. The van der Waals surface area contributed by atoms with E-state index in [4.69, 9.17) is 34.8 Å². The molecule has 0 aromatic heterocycles. The lowest BCUT2D eigenvalue weighted by molar-refractivity contribution is 0.620. The predicted octanol–water partition coefficient (Wildman–Crippen LogP) is 6.06. The van der Waals surface area contributed by atoms with Crippen molar-refractivity contribution in [1.29, 1.82) is 0 Å². The fourth-order valence-corrected chi connectivity index (χ4v) is 2.57. The summed E-state index contributed by atoms with van der Waals surface area (Å²) in [6, 6.07) is 8.20. The molecule has 0 aliphatic rings. The second-order valence-corrected chi connectivity index (χ2v) is 5.68. The molecular weight excluding hydrogens is 396 g/mol. The van der Waals surface area contributed by atoms with Crippen molar-refractivity contribution in [2.45, 2.75) is 0 Å². The molecule has 2 aromatic carbocycles. The van der Waals surface area contributed by atoms with E-state index in [2.05, 4.69) is 0 Å². The summed E-state index contributed by atoms with van der Waals surface area (Å²) in [5, 5.41) is 1.09. The minimum absolute atomic E-state index is 0.259. The van der Waals surface area contributed by atoms with E-state index in [1.54, 1.807) is 24.3 Å². The van der Waals surface area contributed by atoms with Gasteiger partial charge in [0.05, 0.1) is 15.1 Å². The first kappa shape index (κ1) is 13.4. The van der Waals surface area contributed by atoms with E-state index in [0.29, 0.717) is 18.6 Å². The van der Waals surface area contributed by atoms with Gasteiger partial charge < -0.3 is 0 Å². The molecule has 0 heterocycles. The van der Waals surface area contributed by atoms with Gasteiger partial charge >= 0.3 is 0 Å². The number of hydrogen-bond acceptors (Lipinski definition) is 0. The summed E-state index contributed by atoms with van der Waals surface area (Å²) < 4.78 is 13.7. The molecule has 0 unspecified atom stereocenters. The van der Waals surface area contributed by atoms with Gasteiger partial charge in [0.2, 0.25) is 0 Å². The molecule has 88 valence electrons. The van der Waals surface area contributed by atoms with Crippen molar-refractivity contribution in [3.8, 4) is 11.1 Å². The van der Waals surface area contributed by atoms with E-state index in [0.717, 1.165) is 11.1 Å². The van der Waals surface area contributed by atoms with Crippen molar-refractivity contribution < 1.29 is 4.39 Å². The van der Waals surface area contributed by atoms with Crippen LogP contribution in [0.3, 0.4) is 0 Å². The van der Waals surface area contributed by atoms with Gasteiger partial charge in [-0.25, -0.2) is 4.39 Å². The first-order valence-corrected chi connectivity index (χ1v) is 6.81. The first-order valence-electron chi connectivity index (χ1n) is 4.59. The highest BCUT2D eigenvalue weighted by Crippen LogP contribution is 2.38. The number of halogens is 5. The SMILES string of the molecule is Fc1ccc(-c2ccc(Cl)c(Cl)c2Cl)cc1I. The first-order chi connectivity index (χ1) is 8.00. The molecule has 0 fully saturated rings. The summed E-state index contributed by atoms with van der Waals surface area (Å²) in [7, 11) is 0. The third-order valence-corrected chi connectivity index (χ3v) is 4.39. The average molecular weight is 401 g/mol. The highest BCUT2D eigenvalue weighted by Gasteiger charge is 2.11. The molecule has 2 aromatic rings. The second-order valence-electron chi connectivity index (χ2n) is 3.35. The van der Waals surface area contributed by atoms with E-state index in [1.165, 1.54) is 6.07 Å². The molecule has 0 aliphatic heterocycles. The van der Waals surface area contributed by atoms with E-state index in [-0.39, 0.29) is 5.82 Å². The van der Waals surface area contributed by atoms with E-state index in [9.17, 15) is 4.39 Å². The topological polar surface area (TPSA) is 0 Å². The third-order valence-electron chi connectivity index (χ3n) is 2.27. The van der Waals surface area contributed by atoms with E-state index >= 15 is 0 Å². The Hall–Kier alpha value is -0.0300. The van der Waals surface area contributed by atoms with Crippen molar-refractivity contribution >= 4 is 57.4 Å². The Labute approximate surface area is 127 Å². The standard InChI is InChI=1S/C12H5Cl3FI/c13-8-3-2-7(11(14)12(8)15)6-1-4-9(16)10(17)5-6/h1-5H. The smallest absolute Gasteiger partial charge is 0.136 e. The minimum Gasteiger partial charge on any atom is -0.206 e. The Morgan fingerprint density at radius 1 is 0.941 bits per heavy atom. The molecular formula is C12H5Cl3FI. The van der Waals surface area contributed by atoms with Crippen LogP contribution in [0.25, 0.3) is 11.1 Å². The summed E-state index contributed by atoms with van der Waals surface area (Å²) in [5.74, 6) is -0.259. The highest BCUT2D eigenvalue weighted by molar-refractivity contribution is 14.1. The van der Waals surface area contributed by atoms with Crippen LogP contribution < -0.4 is 0 Å². The Bertz CT molecular complexity index is 584. The summed E-state index contributed by atoms with van der Waals surface area (Å²) in [4.78, 5) is 0. The van der Waals surface area contributed by atoms with Crippen molar-refractivity contribution in [2.24, 2.45) is 0 Å². The van der Waals surface area contributed by atoms with Gasteiger partial charge in [-0.2, -0.15) is 0 Å². The maximum Gasteiger partial charge on any atom is 0.136 e. The Kier molecular flexibility index (Phi) is 4.18. The van der Waals surface area contributed by atoms with Crippen LogP contribution in [0.5, 0.6) is 0 Å². The van der Waals surface area contributed by atoms with Crippen molar-refractivity contribution in [3.63, 3.8) is 0 Å². The van der Waals surface area contributed by atoms with E-state index in [1.807, 2.05) is 22.6 Å². The zero-order valence-electron chi connectivity index (χ0n) is 8.28. The molecule has 0 atom stereocenters. The van der Waals surface area contributed by atoms with Gasteiger partial charge in [-0.05, 0) is 46.4 Å². The normalized spacial score (nSPS) is 10.6. The van der Waals surface area contributed by atoms with Crippen molar-refractivity contribution in [1.82, 2.24) is 0 Å². The van der Waals surface area contributed by atoms with Crippen LogP contribution in [0.15, 0.2) is 30.3 Å². The molecule has 5 heteroatoms. The summed E-state index contributed by atoms with van der Waals surface area (Å²) in [6.45, 7) is 0. The lowest BCUT2D eigenvalue weighted by atomic mass is 10.1. The maximum atomic E-state index is 13.2.